The van der Waals surface area contributed by atoms with Crippen LogP contribution in [0, 0.1) is 0 Å². The summed E-state index contributed by atoms with van der Waals surface area (Å²) in [4.78, 5) is 45.9. The Morgan fingerprint density at radius 2 is 1.34 bits per heavy atom. The van der Waals surface area contributed by atoms with E-state index in [2.05, 4.69) is 14.8 Å². The first-order valence-electron chi connectivity index (χ1n) is 9.74. The first kappa shape index (κ1) is 30.6. The van der Waals surface area contributed by atoms with Crippen LogP contribution in [0.5, 0.6) is 0 Å². The number of hydroxylamine groups is 1. The Morgan fingerprint density at radius 3 is 1.74 bits per heavy atom. The topological polar surface area (TPSA) is 178 Å². The van der Waals surface area contributed by atoms with Crippen LogP contribution in [0.15, 0.2) is 36.7 Å². The van der Waals surface area contributed by atoms with Crippen molar-refractivity contribution in [3.63, 3.8) is 0 Å². The van der Waals surface area contributed by atoms with Gasteiger partial charge in [-0.2, -0.15) is 26.3 Å². The Kier molecular flexibility index (Phi) is 10.3. The van der Waals surface area contributed by atoms with E-state index in [0.717, 1.165) is 18.5 Å². The molecule has 38 heavy (non-hydrogen) atoms. The number of aliphatic hydroxyl groups excluding tert-OH is 1. The van der Waals surface area contributed by atoms with Crippen molar-refractivity contribution >= 4 is 30.7 Å². The monoisotopic (exact) mass is 575 g/mol. The van der Waals surface area contributed by atoms with Crippen molar-refractivity contribution in [2.45, 2.75) is 12.4 Å². The predicted octanol–water partition coefficient (Wildman–Crippen LogP) is 0.878. The Hall–Kier alpha value is -3.64. The zero-order valence-corrected chi connectivity index (χ0v) is 19.4. The molecule has 0 aliphatic heterocycles. The highest BCUT2D eigenvalue weighted by molar-refractivity contribution is 7.62. The minimum absolute atomic E-state index is 0.0144. The fraction of sp³-hybridized carbons (Fsp3) is 0.278. The number of halogens is 6. The number of aliphatic hydroxyl groups is 1. The summed E-state index contributed by atoms with van der Waals surface area (Å²) in [6, 6.07) is 4.80. The maximum absolute atomic E-state index is 13.1. The van der Waals surface area contributed by atoms with E-state index in [1.54, 1.807) is 0 Å². The van der Waals surface area contributed by atoms with E-state index in [1.165, 1.54) is 28.8 Å². The second-order valence-corrected chi connectivity index (χ2v) is 8.61. The molecule has 0 fully saturated rings. The predicted molar refractivity (Wildman–Crippen MR) is 111 cm³/mol. The van der Waals surface area contributed by atoms with Crippen LogP contribution in [-0.2, 0) is 28.0 Å². The normalized spacial score (nSPS) is 12.1. The molecular formula is C18H16F6N5O8P. The highest BCUT2D eigenvalue weighted by Crippen LogP contribution is 2.46. The van der Waals surface area contributed by atoms with Crippen LogP contribution in [0.25, 0.3) is 11.4 Å². The molecular weight excluding hydrogens is 559 g/mol. The van der Waals surface area contributed by atoms with Crippen LogP contribution in [-0.4, -0.2) is 65.4 Å². The zero-order chi connectivity index (χ0) is 28.6. The van der Waals surface area contributed by atoms with Crippen molar-refractivity contribution in [3.05, 3.63) is 42.2 Å². The second kappa shape index (κ2) is 12.7. The molecule has 13 nitrogen and oxygen atoms in total. The van der Waals surface area contributed by atoms with Crippen LogP contribution in [0.2, 0.25) is 0 Å². The van der Waals surface area contributed by atoms with Gasteiger partial charge in [0.15, 0.2) is 0 Å². The maximum Gasteiger partial charge on any atom is 0.471 e. The smallest absolute Gasteiger partial charge is 0.378 e. The van der Waals surface area contributed by atoms with Crippen molar-refractivity contribution in [1.29, 1.82) is 0 Å². The summed E-state index contributed by atoms with van der Waals surface area (Å²) in [5.74, 6) is -5.80. The van der Waals surface area contributed by atoms with Gasteiger partial charge in [0.05, 0.1) is 22.3 Å². The zero-order valence-electron chi connectivity index (χ0n) is 18.5. The summed E-state index contributed by atoms with van der Waals surface area (Å²) in [6.45, 7) is -3.31. The molecule has 20 heteroatoms. The van der Waals surface area contributed by atoms with E-state index < -0.39 is 63.2 Å². The highest BCUT2D eigenvalue weighted by atomic mass is 31.2. The summed E-state index contributed by atoms with van der Waals surface area (Å²) in [7, 11) is -4.77. The van der Waals surface area contributed by atoms with Gasteiger partial charge in [-0.25, -0.2) is 4.79 Å². The molecule has 0 radical (unpaired) electrons. The molecule has 2 aromatic rings. The average Bonchev–Trinajstić information content (AvgIpc) is 2.86. The third-order valence-corrected chi connectivity index (χ3v) is 5.84. The average molecular weight is 575 g/mol. The number of pyridine rings is 2. The molecule has 0 spiro atoms. The van der Waals surface area contributed by atoms with E-state index in [1.807, 2.05) is 5.48 Å². The lowest BCUT2D eigenvalue weighted by atomic mass is 10.2. The molecule has 0 atom stereocenters. The molecule has 0 saturated heterocycles. The molecule has 208 valence electrons. The molecule has 2 rings (SSSR count). The summed E-state index contributed by atoms with van der Waals surface area (Å²) in [5, 5.41) is 10.6. The van der Waals surface area contributed by atoms with Crippen LogP contribution < -0.4 is 21.4 Å². The van der Waals surface area contributed by atoms with Crippen LogP contribution in [0.4, 0.5) is 26.3 Å². The summed E-state index contributed by atoms with van der Waals surface area (Å²) >= 11 is 0. The van der Waals surface area contributed by atoms with Crippen molar-refractivity contribution in [3.8, 4) is 11.4 Å². The molecule has 4 N–H and O–H groups in total. The quantitative estimate of drug-likeness (QED) is 0.129. The van der Waals surface area contributed by atoms with Crippen molar-refractivity contribution in [2.24, 2.45) is 0 Å². The van der Waals surface area contributed by atoms with E-state index in [4.69, 9.17) is 14.2 Å². The van der Waals surface area contributed by atoms with E-state index >= 15 is 0 Å². The van der Waals surface area contributed by atoms with E-state index in [-0.39, 0.29) is 17.0 Å². The summed E-state index contributed by atoms with van der Waals surface area (Å²) in [6.07, 6.45) is -8.70. The third-order valence-electron chi connectivity index (χ3n) is 4.00. The number of alkyl halides is 6. The summed E-state index contributed by atoms with van der Waals surface area (Å²) < 4.78 is 96.6. The van der Waals surface area contributed by atoms with E-state index in [9.17, 15) is 45.3 Å². The number of aromatic nitrogens is 2. The highest BCUT2D eigenvalue weighted by Gasteiger charge is 2.40. The third kappa shape index (κ3) is 8.73. The SMILES string of the molecule is O=C(ONCO)c1ccc(-c2ccc(P(=O)(OCNC(=O)C(F)(F)F)OCNC(=O)C(F)(F)F)cn2)nc1. The molecule has 2 aromatic heterocycles. The minimum Gasteiger partial charge on any atom is -0.378 e. The number of nitrogens with zero attached hydrogens (tertiary/aromatic N) is 2. The number of hydrogen-bond donors (Lipinski definition) is 4. The molecule has 0 bridgehead atoms. The molecule has 0 aromatic carbocycles. The van der Waals surface area contributed by atoms with Crippen LogP contribution >= 0.6 is 7.60 Å². The summed E-state index contributed by atoms with van der Waals surface area (Å²) in [5.41, 5.74) is 2.18. The van der Waals surface area contributed by atoms with Crippen molar-refractivity contribution in [1.82, 2.24) is 26.1 Å². The molecule has 0 saturated carbocycles. The first-order chi connectivity index (χ1) is 17.7. The van der Waals surface area contributed by atoms with Crippen molar-refractivity contribution in [2.75, 3.05) is 20.2 Å². The van der Waals surface area contributed by atoms with Gasteiger partial charge in [0, 0.05) is 12.4 Å². The number of hydrogen-bond acceptors (Lipinski definition) is 11. The van der Waals surface area contributed by atoms with Gasteiger partial charge in [-0.3, -0.25) is 33.2 Å². The standard InChI is InChI=1S/C18H16F6N5O8P/c19-17(20,21)15(32)27-8-35-38(34,36-9-28-16(33)18(22,23)24)11-2-4-13(26-6-11)12-3-1-10(5-25-12)14(31)37-29-7-30/h1-6,29-30H,7-9H2,(H,27,32)(H,28,33). The van der Waals surface area contributed by atoms with Crippen molar-refractivity contribution < 1.29 is 64.3 Å². The fourth-order valence-electron chi connectivity index (χ4n) is 2.27. The maximum atomic E-state index is 13.1. The van der Waals surface area contributed by atoms with Gasteiger partial charge in [0.25, 0.3) is 0 Å². The van der Waals surface area contributed by atoms with Gasteiger partial charge in [-0.05, 0) is 24.3 Å². The van der Waals surface area contributed by atoms with Gasteiger partial charge < -0.3 is 20.6 Å². The Bertz CT molecular complexity index is 1140. The van der Waals surface area contributed by atoms with Crippen LogP contribution in [0.3, 0.4) is 0 Å². The number of amides is 2. The lowest BCUT2D eigenvalue weighted by Crippen LogP contribution is -2.39. The Morgan fingerprint density at radius 1 is 0.842 bits per heavy atom. The molecule has 0 unspecified atom stereocenters. The van der Waals surface area contributed by atoms with Gasteiger partial charge >= 0.3 is 37.7 Å². The van der Waals surface area contributed by atoms with E-state index in [0.29, 0.717) is 0 Å². The number of carbonyl (C=O) groups is 3. The fourth-order valence-corrected chi connectivity index (χ4v) is 3.57. The molecule has 2 heterocycles. The molecule has 0 aliphatic rings. The Labute approximate surface area is 208 Å². The number of carbonyl (C=O) groups excluding carboxylic acids is 3. The number of nitrogens with one attached hydrogen (secondary N) is 3. The second-order valence-electron chi connectivity index (χ2n) is 6.58. The van der Waals surface area contributed by atoms with Crippen LogP contribution in [0.1, 0.15) is 10.4 Å². The lowest BCUT2D eigenvalue weighted by Gasteiger charge is -2.19. The molecule has 2 amide bonds. The van der Waals surface area contributed by atoms with Gasteiger partial charge in [0.2, 0.25) is 0 Å². The van der Waals surface area contributed by atoms with Gasteiger partial charge in [-0.15, -0.1) is 5.48 Å². The first-order valence-corrected chi connectivity index (χ1v) is 11.3. The minimum atomic E-state index is -5.31. The lowest BCUT2D eigenvalue weighted by molar-refractivity contribution is -0.174. The Balaban J connectivity index is 2.20. The molecule has 0 aliphatic carbocycles. The van der Waals surface area contributed by atoms with Gasteiger partial charge in [-0.1, -0.05) is 0 Å². The van der Waals surface area contributed by atoms with Gasteiger partial charge in [0.1, 0.15) is 20.2 Å². The largest absolute Gasteiger partial charge is 0.471 e. The number of rotatable bonds is 11.